The molecule has 2 aliphatic heterocycles. The Morgan fingerprint density at radius 3 is 2.59 bits per heavy atom. The average Bonchev–Trinajstić information content (AvgIpc) is 2.88. The maximum absolute atomic E-state index is 12.6. The average molecular weight is 369 g/mol. The molecule has 0 bridgehead atoms. The highest BCUT2D eigenvalue weighted by Gasteiger charge is 2.21. The van der Waals surface area contributed by atoms with Crippen LogP contribution >= 0.6 is 0 Å². The number of aryl methyl sites for hydroxylation is 1. The van der Waals surface area contributed by atoms with E-state index in [-0.39, 0.29) is 11.6 Å². The van der Waals surface area contributed by atoms with Crippen LogP contribution in [0.1, 0.15) is 35.4 Å². The fraction of sp³-hybridized carbons (Fsp3) is 0.550. The lowest BCUT2D eigenvalue weighted by molar-refractivity contribution is 0.0761. The van der Waals surface area contributed by atoms with Gasteiger partial charge in [-0.25, -0.2) is 9.48 Å². The zero-order valence-electron chi connectivity index (χ0n) is 15.7. The van der Waals surface area contributed by atoms with Gasteiger partial charge in [-0.3, -0.25) is 14.3 Å². The van der Waals surface area contributed by atoms with Crippen molar-refractivity contribution >= 4 is 5.91 Å². The Labute approximate surface area is 159 Å². The molecule has 0 unspecified atom stereocenters. The van der Waals surface area contributed by atoms with Crippen LogP contribution in [-0.2, 0) is 19.5 Å². The number of amides is 1. The molecule has 0 spiro atoms. The van der Waals surface area contributed by atoms with Crippen molar-refractivity contribution in [2.45, 2.75) is 38.8 Å². The summed E-state index contributed by atoms with van der Waals surface area (Å²) in [5.74, 6) is 1.04. The van der Waals surface area contributed by atoms with Crippen LogP contribution in [0.15, 0.2) is 35.1 Å². The van der Waals surface area contributed by atoms with Gasteiger partial charge in [-0.15, -0.1) is 0 Å². The summed E-state index contributed by atoms with van der Waals surface area (Å²) in [6, 6.07) is 9.48. The third kappa shape index (κ3) is 3.98. The number of carbonyl (C=O) groups is 1. The highest BCUT2D eigenvalue weighted by Crippen LogP contribution is 2.11. The van der Waals surface area contributed by atoms with Crippen LogP contribution in [0.2, 0.25) is 0 Å². The van der Waals surface area contributed by atoms with Crippen molar-refractivity contribution in [3.05, 3.63) is 52.2 Å². The zero-order valence-corrected chi connectivity index (χ0v) is 15.7. The van der Waals surface area contributed by atoms with Gasteiger partial charge in [0.25, 0.3) is 5.91 Å². The molecule has 0 aliphatic carbocycles. The van der Waals surface area contributed by atoms with Crippen LogP contribution in [-0.4, -0.2) is 62.8 Å². The molecule has 1 aromatic carbocycles. The molecule has 1 saturated heterocycles. The van der Waals surface area contributed by atoms with Gasteiger partial charge in [-0.2, -0.15) is 5.10 Å². The van der Waals surface area contributed by atoms with Crippen molar-refractivity contribution in [1.82, 2.24) is 24.1 Å². The maximum Gasteiger partial charge on any atom is 0.345 e. The second kappa shape index (κ2) is 8.08. The Morgan fingerprint density at radius 2 is 1.78 bits per heavy atom. The lowest BCUT2D eigenvalue weighted by atomic mass is 10.2. The van der Waals surface area contributed by atoms with Crippen LogP contribution in [0.5, 0.6) is 0 Å². The van der Waals surface area contributed by atoms with E-state index in [4.69, 9.17) is 0 Å². The summed E-state index contributed by atoms with van der Waals surface area (Å²) < 4.78 is 3.45. The molecule has 4 rings (SSSR count). The van der Waals surface area contributed by atoms with Crippen LogP contribution in [0.3, 0.4) is 0 Å². The summed E-state index contributed by atoms with van der Waals surface area (Å²) in [5.41, 5.74) is 0.779. The van der Waals surface area contributed by atoms with E-state index in [1.54, 1.807) is 4.68 Å². The topological polar surface area (TPSA) is 63.4 Å². The van der Waals surface area contributed by atoms with E-state index in [9.17, 15) is 9.59 Å². The minimum absolute atomic E-state index is 0.0282. The molecule has 3 heterocycles. The molecule has 0 saturated carbocycles. The van der Waals surface area contributed by atoms with Crippen molar-refractivity contribution in [1.29, 1.82) is 0 Å². The van der Waals surface area contributed by atoms with Crippen LogP contribution in [0.25, 0.3) is 0 Å². The zero-order chi connectivity index (χ0) is 18.6. The lowest BCUT2D eigenvalue weighted by Crippen LogP contribution is -2.37. The molecule has 1 amide bonds. The van der Waals surface area contributed by atoms with Gasteiger partial charge in [0.1, 0.15) is 5.82 Å². The Bertz CT molecular complexity index is 842. The van der Waals surface area contributed by atoms with Crippen molar-refractivity contribution in [2.24, 2.45) is 0 Å². The van der Waals surface area contributed by atoms with Crippen LogP contribution < -0.4 is 5.69 Å². The Hall–Kier alpha value is -2.41. The number of benzene rings is 1. The molecule has 7 heteroatoms. The summed E-state index contributed by atoms with van der Waals surface area (Å²) in [5, 5.41) is 4.52. The highest BCUT2D eigenvalue weighted by molar-refractivity contribution is 5.94. The molecule has 0 atom stereocenters. The number of fused-ring (bicyclic) bond motifs is 1. The molecule has 2 aliphatic rings. The molecular formula is C20H27N5O2. The first-order valence-corrected chi connectivity index (χ1v) is 9.95. The quantitative estimate of drug-likeness (QED) is 0.813. The van der Waals surface area contributed by atoms with E-state index in [2.05, 4.69) is 10.00 Å². The summed E-state index contributed by atoms with van der Waals surface area (Å²) >= 11 is 0. The van der Waals surface area contributed by atoms with Gasteiger partial charge in [0.2, 0.25) is 0 Å². The van der Waals surface area contributed by atoms with E-state index in [0.29, 0.717) is 6.54 Å². The van der Waals surface area contributed by atoms with Crippen molar-refractivity contribution in [3.63, 3.8) is 0 Å². The standard InChI is InChI=1S/C20H27N5O2/c26-19(17-7-2-1-3-8-17)23-11-6-10-22(13-15-23)14-16-25-20(27)24-12-5-4-9-18(24)21-25/h1-3,7-8H,4-6,9-16H2. The fourth-order valence-corrected chi connectivity index (χ4v) is 3.99. The minimum Gasteiger partial charge on any atom is -0.337 e. The fourth-order valence-electron chi connectivity index (χ4n) is 3.99. The lowest BCUT2D eigenvalue weighted by Gasteiger charge is -2.22. The van der Waals surface area contributed by atoms with E-state index in [0.717, 1.165) is 76.3 Å². The highest BCUT2D eigenvalue weighted by atomic mass is 16.2. The van der Waals surface area contributed by atoms with Crippen molar-refractivity contribution < 1.29 is 4.79 Å². The summed E-state index contributed by atoms with van der Waals surface area (Å²) in [6.07, 6.45) is 4.04. The van der Waals surface area contributed by atoms with Gasteiger partial charge in [-0.05, 0) is 37.9 Å². The van der Waals surface area contributed by atoms with Gasteiger partial charge in [-0.1, -0.05) is 18.2 Å². The normalized spacial score (nSPS) is 18.1. The monoisotopic (exact) mass is 369 g/mol. The largest absolute Gasteiger partial charge is 0.345 e. The molecule has 1 aromatic heterocycles. The first kappa shape index (κ1) is 18.0. The predicted octanol–water partition coefficient (Wildman–Crippen LogP) is 1.23. The Balaban J connectivity index is 1.33. The number of rotatable bonds is 4. The molecule has 1 fully saturated rings. The second-order valence-corrected chi connectivity index (χ2v) is 7.38. The van der Waals surface area contributed by atoms with Gasteiger partial charge >= 0.3 is 5.69 Å². The van der Waals surface area contributed by atoms with Crippen molar-refractivity contribution in [3.8, 4) is 0 Å². The van der Waals surface area contributed by atoms with E-state index in [1.165, 1.54) is 0 Å². The number of hydrogen-bond acceptors (Lipinski definition) is 4. The maximum atomic E-state index is 12.6. The number of aromatic nitrogens is 3. The first-order chi connectivity index (χ1) is 13.2. The Kier molecular flexibility index (Phi) is 5.38. The summed E-state index contributed by atoms with van der Waals surface area (Å²) in [7, 11) is 0. The van der Waals surface area contributed by atoms with Gasteiger partial charge < -0.3 is 4.90 Å². The molecule has 144 valence electrons. The number of nitrogens with zero attached hydrogens (tertiary/aromatic N) is 5. The minimum atomic E-state index is 0.0282. The van der Waals surface area contributed by atoms with Crippen LogP contribution in [0, 0.1) is 0 Å². The van der Waals surface area contributed by atoms with E-state index < -0.39 is 0 Å². The van der Waals surface area contributed by atoms with Crippen molar-refractivity contribution in [2.75, 3.05) is 32.7 Å². The second-order valence-electron chi connectivity index (χ2n) is 7.38. The molecule has 7 nitrogen and oxygen atoms in total. The smallest absolute Gasteiger partial charge is 0.337 e. The molecular weight excluding hydrogens is 342 g/mol. The SMILES string of the molecule is O=C(c1ccccc1)N1CCCN(CCn2nc3n(c2=O)CCCC3)CC1. The summed E-state index contributed by atoms with van der Waals surface area (Å²) in [6.45, 7) is 5.50. The molecule has 0 radical (unpaired) electrons. The van der Waals surface area contributed by atoms with E-state index >= 15 is 0 Å². The van der Waals surface area contributed by atoms with Gasteiger partial charge in [0, 0.05) is 44.7 Å². The third-order valence-corrected chi connectivity index (χ3v) is 5.56. The van der Waals surface area contributed by atoms with Crippen LogP contribution in [0.4, 0.5) is 0 Å². The van der Waals surface area contributed by atoms with Gasteiger partial charge in [0.05, 0.1) is 6.54 Å². The summed E-state index contributed by atoms with van der Waals surface area (Å²) in [4.78, 5) is 29.4. The number of carbonyl (C=O) groups excluding carboxylic acids is 1. The van der Waals surface area contributed by atoms with Gasteiger partial charge in [0.15, 0.2) is 0 Å². The molecule has 2 aromatic rings. The van der Waals surface area contributed by atoms with E-state index in [1.807, 2.05) is 39.8 Å². The molecule has 27 heavy (non-hydrogen) atoms. The Morgan fingerprint density at radius 1 is 0.926 bits per heavy atom. The molecule has 0 N–H and O–H groups in total. The third-order valence-electron chi connectivity index (χ3n) is 5.56. The first-order valence-electron chi connectivity index (χ1n) is 9.95. The predicted molar refractivity (Wildman–Crippen MR) is 103 cm³/mol. The number of hydrogen-bond donors (Lipinski definition) is 0.